The number of nitrogens with zero attached hydrogens (tertiary/aromatic N) is 2. The molecule has 0 unspecified atom stereocenters. The zero-order valence-corrected chi connectivity index (χ0v) is 21.7. The van der Waals surface area contributed by atoms with Crippen molar-refractivity contribution in [3.05, 3.63) is 120 Å². The first-order valence-electron chi connectivity index (χ1n) is 12.5. The molecule has 35 heavy (non-hydrogen) atoms. The summed E-state index contributed by atoms with van der Waals surface area (Å²) in [6.45, 7) is 2.04. The molecular formula is C31H24IrN2O-2. The molecule has 0 spiro atoms. The van der Waals surface area contributed by atoms with Gasteiger partial charge >= 0.3 is 0 Å². The second kappa shape index (κ2) is 10.8. The molecule has 6 rings (SSSR count). The molecule has 1 radical (unpaired) electrons. The van der Waals surface area contributed by atoms with E-state index in [9.17, 15) is 0 Å². The number of hydrogen-bond acceptors (Lipinski definition) is 3. The number of para-hydroxylation sites is 1. The second-order valence-corrected chi connectivity index (χ2v) is 8.08. The van der Waals surface area contributed by atoms with Crippen LogP contribution in [-0.4, -0.2) is 9.97 Å². The zero-order valence-electron chi connectivity index (χ0n) is 22.3. The van der Waals surface area contributed by atoms with Crippen LogP contribution in [0.1, 0.15) is 20.8 Å². The average Bonchev–Trinajstić information content (AvgIpc) is 3.30. The molecule has 3 heterocycles. The normalized spacial score (nSPS) is 12.1. The molecule has 0 N–H and O–H groups in total. The Morgan fingerprint density at radius 3 is 2.40 bits per heavy atom. The van der Waals surface area contributed by atoms with Crippen molar-refractivity contribution in [1.29, 1.82) is 0 Å². The third-order valence-corrected chi connectivity index (χ3v) is 5.58. The molecule has 3 aromatic carbocycles. The quantitative estimate of drug-likeness (QED) is 0.182. The van der Waals surface area contributed by atoms with Crippen LogP contribution in [0.15, 0.2) is 95.7 Å². The third-order valence-electron chi connectivity index (χ3n) is 5.58. The smallest absolute Gasteiger partial charge is 0.123 e. The fraction of sp³-hybridized carbons (Fsp3) is 0.0968. The number of furan rings is 1. The van der Waals surface area contributed by atoms with E-state index in [1.54, 1.807) is 18.2 Å². The molecule has 6 aromatic rings. The molecule has 0 aliphatic carbocycles. The number of hydrogen-bond donors (Lipinski definition) is 0. The van der Waals surface area contributed by atoms with Gasteiger partial charge in [0.25, 0.3) is 0 Å². The molecule has 3 nitrogen and oxygen atoms in total. The third kappa shape index (κ3) is 5.24. The van der Waals surface area contributed by atoms with Gasteiger partial charge in [-0.05, 0) is 49.3 Å². The van der Waals surface area contributed by atoms with E-state index >= 15 is 0 Å². The van der Waals surface area contributed by atoms with E-state index in [0.29, 0.717) is 0 Å². The maximum Gasteiger partial charge on any atom is 0.123 e. The molecule has 0 bridgehead atoms. The predicted molar refractivity (Wildman–Crippen MR) is 139 cm³/mol. The number of benzene rings is 3. The Bertz CT molecular complexity index is 1680. The first-order chi connectivity index (χ1) is 17.8. The van der Waals surface area contributed by atoms with Crippen LogP contribution in [0.3, 0.4) is 0 Å². The van der Waals surface area contributed by atoms with Gasteiger partial charge in [0, 0.05) is 42.0 Å². The molecule has 4 heteroatoms. The Labute approximate surface area is 223 Å². The van der Waals surface area contributed by atoms with Gasteiger partial charge in [-0.3, -0.25) is 0 Å². The summed E-state index contributed by atoms with van der Waals surface area (Å²) in [6, 6.07) is 31.3. The molecule has 0 aliphatic heterocycles. The SMILES string of the molecule is Cc1ccnc(-c2[c-]ccc3c2oc2c(C)cccc23)c1.[2H]C([2H])([2H])c1ccc(-c2[c-]cccc2)nc1.[Ir]. The topological polar surface area (TPSA) is 38.9 Å². The van der Waals surface area contributed by atoms with Crippen molar-refractivity contribution >= 4 is 21.9 Å². The molecule has 0 amide bonds. The van der Waals surface area contributed by atoms with Crippen molar-refractivity contribution in [1.82, 2.24) is 9.97 Å². The van der Waals surface area contributed by atoms with Gasteiger partial charge < -0.3 is 14.4 Å². The van der Waals surface area contributed by atoms with Gasteiger partial charge in [0.15, 0.2) is 0 Å². The van der Waals surface area contributed by atoms with Crippen molar-refractivity contribution in [2.45, 2.75) is 20.7 Å². The Hall–Kier alpha value is -3.59. The fourth-order valence-electron chi connectivity index (χ4n) is 3.87. The van der Waals surface area contributed by atoms with Crippen LogP contribution in [0.4, 0.5) is 0 Å². The van der Waals surface area contributed by atoms with E-state index in [-0.39, 0.29) is 25.7 Å². The van der Waals surface area contributed by atoms with E-state index in [2.05, 4.69) is 66.3 Å². The van der Waals surface area contributed by atoms with Gasteiger partial charge in [0.1, 0.15) is 5.58 Å². The van der Waals surface area contributed by atoms with Crippen LogP contribution in [0.25, 0.3) is 44.5 Å². The van der Waals surface area contributed by atoms with Crippen molar-refractivity contribution < 1.29 is 28.6 Å². The van der Waals surface area contributed by atoms with Gasteiger partial charge in [-0.25, -0.2) is 0 Å². The van der Waals surface area contributed by atoms with Crippen molar-refractivity contribution in [3.63, 3.8) is 0 Å². The van der Waals surface area contributed by atoms with Gasteiger partial charge in [0.2, 0.25) is 0 Å². The van der Waals surface area contributed by atoms with Crippen LogP contribution in [0, 0.1) is 32.8 Å². The van der Waals surface area contributed by atoms with Crippen molar-refractivity contribution in [2.24, 2.45) is 0 Å². The monoisotopic (exact) mass is 636 g/mol. The number of aromatic nitrogens is 2. The average molecular weight is 636 g/mol. The molecule has 3 aromatic heterocycles. The van der Waals surface area contributed by atoms with Gasteiger partial charge in [-0.2, -0.15) is 0 Å². The van der Waals surface area contributed by atoms with E-state index in [1.165, 1.54) is 11.8 Å². The van der Waals surface area contributed by atoms with E-state index < -0.39 is 6.85 Å². The minimum atomic E-state index is -2.09. The molecule has 0 aliphatic rings. The first-order valence-corrected chi connectivity index (χ1v) is 11.0. The van der Waals surface area contributed by atoms with Gasteiger partial charge in [-0.15, -0.1) is 54.1 Å². The Morgan fingerprint density at radius 1 is 0.771 bits per heavy atom. The molecule has 0 atom stereocenters. The summed E-state index contributed by atoms with van der Waals surface area (Å²) in [7, 11) is 0. The molecular weight excluding hydrogens is 609 g/mol. The number of fused-ring (bicyclic) bond motifs is 3. The zero-order chi connectivity index (χ0) is 26.0. The summed E-state index contributed by atoms with van der Waals surface area (Å²) < 4.78 is 27.8. The van der Waals surface area contributed by atoms with Crippen molar-refractivity contribution in [3.8, 4) is 22.5 Å². The van der Waals surface area contributed by atoms with E-state index in [4.69, 9.17) is 8.53 Å². The largest absolute Gasteiger partial charge is 0.500 e. The van der Waals surface area contributed by atoms with Crippen LogP contribution < -0.4 is 0 Å². The summed E-state index contributed by atoms with van der Waals surface area (Å²) in [4.78, 5) is 8.59. The Balaban J connectivity index is 0.000000179. The Morgan fingerprint density at radius 2 is 1.66 bits per heavy atom. The molecule has 0 fully saturated rings. The van der Waals surface area contributed by atoms with E-state index in [1.807, 2.05) is 36.5 Å². The van der Waals surface area contributed by atoms with Crippen LogP contribution in [0.2, 0.25) is 0 Å². The predicted octanol–water partition coefficient (Wildman–Crippen LogP) is 7.92. The van der Waals surface area contributed by atoms with E-state index in [0.717, 1.165) is 50.0 Å². The van der Waals surface area contributed by atoms with Crippen LogP contribution >= 0.6 is 0 Å². The van der Waals surface area contributed by atoms with Crippen molar-refractivity contribution in [2.75, 3.05) is 0 Å². The number of pyridine rings is 2. The molecule has 175 valence electrons. The molecule has 0 saturated heterocycles. The van der Waals surface area contributed by atoms with Gasteiger partial charge in [0.05, 0.1) is 5.58 Å². The maximum atomic E-state index is 7.23. The summed E-state index contributed by atoms with van der Waals surface area (Å²) in [5.74, 6) is 0. The summed E-state index contributed by atoms with van der Waals surface area (Å²) >= 11 is 0. The summed E-state index contributed by atoms with van der Waals surface area (Å²) in [5.41, 5.74) is 7.80. The van der Waals surface area contributed by atoms with Crippen LogP contribution in [-0.2, 0) is 20.1 Å². The standard InChI is InChI=1S/C19H14NO.C12H10N.Ir/c1-12-9-10-20-17(11-12)16-8-4-7-15-14-6-3-5-13(2)18(14)21-19(15)16;1-10-7-8-12(13-9-10)11-5-3-2-4-6-11;/h3-7,9-11H,1-2H3;2-5,7-9H,1H3;/q2*-1;/i;1D3;. The number of aryl methyl sites for hydroxylation is 3. The van der Waals surface area contributed by atoms with Gasteiger partial charge in [-0.1, -0.05) is 52.9 Å². The fourth-order valence-corrected chi connectivity index (χ4v) is 3.87. The maximum absolute atomic E-state index is 7.23. The van der Waals surface area contributed by atoms with Crippen LogP contribution in [0.5, 0.6) is 0 Å². The number of rotatable bonds is 2. The Kier molecular flexibility index (Phi) is 6.39. The summed E-state index contributed by atoms with van der Waals surface area (Å²) in [6.07, 6.45) is 3.22. The summed E-state index contributed by atoms with van der Waals surface area (Å²) in [5, 5.41) is 2.26. The first kappa shape index (κ1) is 20.8. The minimum Gasteiger partial charge on any atom is -0.500 e. The minimum absolute atomic E-state index is 0. The molecule has 0 saturated carbocycles. The second-order valence-electron chi connectivity index (χ2n) is 8.08.